The molecule has 3 heterocycles. The largest absolute Gasteiger partial charge is 0.361 e. The smallest absolute Gasteiger partial charge is 0.274 e. The number of Topliss-reactive ketones (excluding diaryl/α,β-unsaturated/α-hetero) is 2. The van der Waals surface area contributed by atoms with Crippen molar-refractivity contribution in [2.45, 2.75) is 89.9 Å². The normalized spacial score (nSPS) is 21.9. The van der Waals surface area contributed by atoms with Crippen LogP contribution in [0.2, 0.25) is 0 Å². The lowest BCUT2D eigenvalue weighted by atomic mass is 9.88. The number of likely N-dealkylation sites (tertiary alicyclic amines) is 1. The van der Waals surface area contributed by atoms with Gasteiger partial charge in [-0.3, -0.25) is 24.1 Å². The van der Waals surface area contributed by atoms with E-state index in [1.54, 1.807) is 13.0 Å². The predicted octanol–water partition coefficient (Wildman–Crippen LogP) is 3.49. The van der Waals surface area contributed by atoms with Gasteiger partial charge in [0.2, 0.25) is 5.91 Å². The summed E-state index contributed by atoms with van der Waals surface area (Å²) in [6.45, 7) is 8.69. The van der Waals surface area contributed by atoms with Crippen molar-refractivity contribution in [1.29, 1.82) is 0 Å². The Morgan fingerprint density at radius 1 is 1.07 bits per heavy atom. The highest BCUT2D eigenvalue weighted by atomic mass is 16.6. The first-order chi connectivity index (χ1) is 20.6. The van der Waals surface area contributed by atoms with Crippen LogP contribution in [0.5, 0.6) is 0 Å². The van der Waals surface area contributed by atoms with Crippen LogP contribution in [0.15, 0.2) is 40.9 Å². The number of amides is 2. The molecule has 1 aromatic carbocycles. The lowest BCUT2D eigenvalue weighted by Crippen LogP contribution is -2.49. The molecule has 3 aliphatic rings. The van der Waals surface area contributed by atoms with Gasteiger partial charge in [-0.1, -0.05) is 62.2 Å². The highest BCUT2D eigenvalue weighted by Gasteiger charge is 2.50. The van der Waals surface area contributed by atoms with Gasteiger partial charge in [0, 0.05) is 18.4 Å². The lowest BCUT2D eigenvalue weighted by Gasteiger charge is -2.29. The van der Waals surface area contributed by atoms with Gasteiger partial charge in [-0.15, -0.1) is 0 Å². The highest BCUT2D eigenvalue weighted by molar-refractivity contribution is 5.99. The molecule has 0 spiro atoms. The number of ether oxygens (including phenoxy) is 1. The van der Waals surface area contributed by atoms with Gasteiger partial charge in [-0.25, -0.2) is 0 Å². The minimum Gasteiger partial charge on any atom is -0.361 e. The minimum absolute atomic E-state index is 0.0617. The molecule has 0 bridgehead atoms. The number of nitrogens with zero attached hydrogens (tertiary/aromatic N) is 2. The number of carbonyl (C=O) groups excluding carboxylic acids is 4. The van der Waals surface area contributed by atoms with E-state index in [0.29, 0.717) is 44.1 Å². The molecule has 1 aromatic heterocycles. The van der Waals surface area contributed by atoms with Crippen LogP contribution in [0.25, 0.3) is 0 Å². The van der Waals surface area contributed by atoms with Gasteiger partial charge < -0.3 is 19.9 Å². The maximum absolute atomic E-state index is 13.8. The summed E-state index contributed by atoms with van der Waals surface area (Å²) in [5, 5.41) is 9.81. The lowest BCUT2D eigenvalue weighted by molar-refractivity contribution is -0.134. The first-order valence-electron chi connectivity index (χ1n) is 15.6. The third-order valence-corrected chi connectivity index (χ3v) is 8.66. The molecule has 43 heavy (non-hydrogen) atoms. The maximum Gasteiger partial charge on any atom is 0.274 e. The molecule has 10 heteroatoms. The number of nitrogens with one attached hydrogen (secondary N) is 2. The van der Waals surface area contributed by atoms with E-state index in [4.69, 9.17) is 9.26 Å². The number of rotatable bonds is 17. The Morgan fingerprint density at radius 3 is 2.40 bits per heavy atom. The Bertz CT molecular complexity index is 1300. The fourth-order valence-electron chi connectivity index (χ4n) is 5.60. The second kappa shape index (κ2) is 13.5. The molecule has 0 radical (unpaired) electrons. The third-order valence-electron chi connectivity index (χ3n) is 8.66. The summed E-state index contributed by atoms with van der Waals surface area (Å²) < 4.78 is 10.8. The molecule has 1 aliphatic carbocycles. The molecule has 3 fully saturated rings. The van der Waals surface area contributed by atoms with Crippen LogP contribution in [0.1, 0.15) is 81.1 Å². The van der Waals surface area contributed by atoms with Gasteiger partial charge in [0.25, 0.3) is 5.91 Å². The number of carbonyl (C=O) groups is 4. The first kappa shape index (κ1) is 31.1. The zero-order chi connectivity index (χ0) is 30.6. The maximum atomic E-state index is 13.8. The molecular weight excluding hydrogens is 548 g/mol. The first-order valence-corrected chi connectivity index (χ1v) is 15.6. The van der Waals surface area contributed by atoms with E-state index in [9.17, 15) is 19.2 Å². The Morgan fingerprint density at radius 2 is 1.79 bits per heavy atom. The van der Waals surface area contributed by atoms with Gasteiger partial charge >= 0.3 is 0 Å². The molecule has 5 rings (SSSR count). The fourth-order valence-corrected chi connectivity index (χ4v) is 5.60. The third kappa shape index (κ3) is 8.60. The Hall–Kier alpha value is -3.37. The summed E-state index contributed by atoms with van der Waals surface area (Å²) in [5.41, 5.74) is 0.196. The van der Waals surface area contributed by atoms with Crippen LogP contribution in [-0.2, 0) is 32.1 Å². The Labute approximate surface area is 253 Å². The Kier molecular flexibility index (Phi) is 9.76. The van der Waals surface area contributed by atoms with Crippen molar-refractivity contribution >= 4 is 23.4 Å². The van der Waals surface area contributed by atoms with Crippen LogP contribution in [0.4, 0.5) is 0 Å². The predicted molar refractivity (Wildman–Crippen MR) is 159 cm³/mol. The van der Waals surface area contributed by atoms with Crippen molar-refractivity contribution in [3.63, 3.8) is 0 Å². The van der Waals surface area contributed by atoms with Gasteiger partial charge in [0.05, 0.1) is 25.2 Å². The van der Waals surface area contributed by atoms with E-state index >= 15 is 0 Å². The number of hydrogen-bond acceptors (Lipinski definition) is 8. The zero-order valence-corrected chi connectivity index (χ0v) is 25.5. The van der Waals surface area contributed by atoms with Crippen LogP contribution in [0, 0.1) is 17.8 Å². The number of aromatic nitrogens is 1. The van der Waals surface area contributed by atoms with Crippen LogP contribution in [0.3, 0.4) is 0 Å². The second-order valence-corrected chi connectivity index (χ2v) is 13.1. The molecule has 232 valence electrons. The molecule has 4 atom stereocenters. The highest BCUT2D eigenvalue weighted by Crippen LogP contribution is 2.34. The van der Waals surface area contributed by atoms with Crippen molar-refractivity contribution in [2.75, 3.05) is 19.7 Å². The fraction of sp³-hybridized carbons (Fsp3) is 0.606. The number of benzene rings is 1. The van der Waals surface area contributed by atoms with Gasteiger partial charge in [0.1, 0.15) is 5.60 Å². The minimum atomic E-state index is -0.868. The van der Waals surface area contributed by atoms with Gasteiger partial charge in [-0.2, -0.15) is 0 Å². The number of ketones is 2. The zero-order valence-electron chi connectivity index (χ0n) is 25.5. The molecular formula is C33H44N4O6. The molecule has 0 unspecified atom stereocenters. The summed E-state index contributed by atoms with van der Waals surface area (Å²) in [5.74, 6) is -0.700. The summed E-state index contributed by atoms with van der Waals surface area (Å²) >= 11 is 0. The summed E-state index contributed by atoms with van der Waals surface area (Å²) in [6, 6.07) is 9.73. The standard InChI is InChI=1S/C33H44N4O6/c1-21(2)14-27(30(39)33(3)20-42-33)35-31(40)24(15-22-8-5-4-6-9-22)17-29(38)26(16-23-10-11-23)34-32(41)28-18-25(43-36-28)19-37-12-7-13-37/h4-6,8-9,18,21,23-24,26-27H,7,10-17,19-20H2,1-3H3,(H,34,41)(H,35,40)/t24-,26+,27+,33-/m1/s1. The quantitative estimate of drug-likeness (QED) is 0.267. The van der Waals surface area contributed by atoms with Crippen molar-refractivity contribution in [1.82, 2.24) is 20.7 Å². The second-order valence-electron chi connectivity index (χ2n) is 13.1. The molecule has 2 aliphatic heterocycles. The molecule has 1 saturated carbocycles. The summed E-state index contributed by atoms with van der Waals surface area (Å²) in [6.07, 6.45) is 4.45. The van der Waals surface area contributed by atoms with Crippen LogP contribution < -0.4 is 10.6 Å². The monoisotopic (exact) mass is 592 g/mol. The number of epoxide rings is 1. The van der Waals surface area contributed by atoms with Crippen LogP contribution >= 0.6 is 0 Å². The SMILES string of the molecule is CC(C)C[C@H](NC(=O)[C@@H](CC(=O)[C@H](CC1CC1)NC(=O)c1cc(CN2CCC2)on1)Cc1ccccc1)C(=O)[C@@]1(C)CO1. The van der Waals surface area contributed by atoms with E-state index in [-0.39, 0.29) is 35.5 Å². The molecule has 2 N–H and O–H groups in total. The van der Waals surface area contributed by atoms with Crippen LogP contribution in [-0.4, -0.2) is 70.8 Å². The van der Waals surface area contributed by atoms with Gasteiger partial charge in [-0.05, 0) is 63.1 Å². The van der Waals surface area contributed by atoms with Crippen molar-refractivity contribution < 1.29 is 28.4 Å². The van der Waals surface area contributed by atoms with Crippen molar-refractivity contribution in [2.24, 2.45) is 17.8 Å². The van der Waals surface area contributed by atoms with Crippen molar-refractivity contribution in [3.8, 4) is 0 Å². The van der Waals surface area contributed by atoms with E-state index in [1.165, 1.54) is 0 Å². The average molecular weight is 593 g/mol. The van der Waals surface area contributed by atoms with E-state index < -0.39 is 29.5 Å². The van der Waals surface area contributed by atoms with E-state index in [2.05, 4.69) is 20.7 Å². The Balaban J connectivity index is 1.28. The van der Waals surface area contributed by atoms with Gasteiger partial charge in [0.15, 0.2) is 23.0 Å². The number of hydrogen-bond donors (Lipinski definition) is 2. The molecule has 2 aromatic rings. The summed E-state index contributed by atoms with van der Waals surface area (Å²) in [7, 11) is 0. The van der Waals surface area contributed by atoms with E-state index in [0.717, 1.165) is 37.9 Å². The van der Waals surface area contributed by atoms with E-state index in [1.807, 2.05) is 44.2 Å². The molecule has 2 amide bonds. The molecule has 10 nitrogen and oxygen atoms in total. The van der Waals surface area contributed by atoms with Crippen molar-refractivity contribution in [3.05, 3.63) is 53.4 Å². The average Bonchev–Trinajstić information content (AvgIpc) is 3.87. The topological polar surface area (TPSA) is 134 Å². The molecule has 2 saturated heterocycles. The summed E-state index contributed by atoms with van der Waals surface area (Å²) in [4.78, 5) is 56.1.